The van der Waals surface area contributed by atoms with Crippen molar-refractivity contribution in [2.75, 3.05) is 12.3 Å². The van der Waals surface area contributed by atoms with E-state index in [2.05, 4.69) is 11.9 Å². The second kappa shape index (κ2) is 7.09. The summed E-state index contributed by atoms with van der Waals surface area (Å²) >= 11 is 0. The maximum absolute atomic E-state index is 11.7. The molecule has 1 unspecified atom stereocenters. The molecule has 0 fully saturated rings. The summed E-state index contributed by atoms with van der Waals surface area (Å²) in [5, 5.41) is 1.60. The summed E-state index contributed by atoms with van der Waals surface area (Å²) < 4.78 is 23.3. The van der Waals surface area contributed by atoms with E-state index >= 15 is 0 Å². The van der Waals surface area contributed by atoms with Crippen LogP contribution < -0.4 is 5.32 Å². The summed E-state index contributed by atoms with van der Waals surface area (Å²) in [7, 11) is -3.43. The van der Waals surface area contributed by atoms with Gasteiger partial charge in [-0.15, -0.1) is 6.58 Å². The van der Waals surface area contributed by atoms with Crippen LogP contribution in [0.4, 0.5) is 0 Å². The second-order valence-electron chi connectivity index (χ2n) is 4.29. The summed E-state index contributed by atoms with van der Waals surface area (Å²) in [5.74, 6) is -0.641. The van der Waals surface area contributed by atoms with Crippen LogP contribution in [0.2, 0.25) is 0 Å². The fraction of sp³-hybridized carbons (Fsp3) is 0.357. The zero-order valence-corrected chi connectivity index (χ0v) is 11.8. The third-order valence-corrected chi connectivity index (χ3v) is 4.81. The van der Waals surface area contributed by atoms with Crippen LogP contribution in [0.3, 0.4) is 0 Å². The van der Waals surface area contributed by atoms with E-state index in [9.17, 15) is 13.2 Å². The van der Waals surface area contributed by atoms with Gasteiger partial charge in [0.25, 0.3) is 0 Å². The number of rotatable bonds is 7. The first-order valence-electron chi connectivity index (χ1n) is 6.11. The van der Waals surface area contributed by atoms with Crippen molar-refractivity contribution < 1.29 is 13.2 Å². The van der Waals surface area contributed by atoms with Crippen LogP contribution in [-0.2, 0) is 21.1 Å². The first-order valence-corrected chi connectivity index (χ1v) is 7.83. The molecular formula is C14H19NO3S. The predicted octanol–water partition coefficient (Wildman–Crippen LogP) is 1.33. The maximum Gasteiger partial charge on any atom is 0.238 e. The largest absolute Gasteiger partial charge is 0.355 e. The van der Waals surface area contributed by atoms with Crippen LogP contribution in [0.1, 0.15) is 12.5 Å². The van der Waals surface area contributed by atoms with Crippen molar-refractivity contribution in [3.63, 3.8) is 0 Å². The molecule has 0 aromatic heterocycles. The van der Waals surface area contributed by atoms with E-state index in [0.29, 0.717) is 13.0 Å². The van der Waals surface area contributed by atoms with Crippen LogP contribution >= 0.6 is 0 Å². The molecule has 0 bridgehead atoms. The highest BCUT2D eigenvalue weighted by atomic mass is 32.2. The van der Waals surface area contributed by atoms with Crippen molar-refractivity contribution in [3.8, 4) is 0 Å². The van der Waals surface area contributed by atoms with Crippen molar-refractivity contribution in [2.24, 2.45) is 0 Å². The molecule has 0 saturated carbocycles. The van der Waals surface area contributed by atoms with Crippen LogP contribution in [-0.4, -0.2) is 31.9 Å². The van der Waals surface area contributed by atoms with Gasteiger partial charge in [0.1, 0.15) is 5.25 Å². The number of carbonyl (C=O) groups is 1. The van der Waals surface area contributed by atoms with Crippen molar-refractivity contribution in [1.82, 2.24) is 5.32 Å². The van der Waals surface area contributed by atoms with E-state index in [0.717, 1.165) is 5.56 Å². The first kappa shape index (κ1) is 15.4. The molecule has 0 aliphatic heterocycles. The number of carbonyl (C=O) groups excluding carboxylic acids is 1. The highest BCUT2D eigenvalue weighted by Gasteiger charge is 2.26. The fourth-order valence-electron chi connectivity index (χ4n) is 1.59. The van der Waals surface area contributed by atoms with Gasteiger partial charge in [-0.1, -0.05) is 36.4 Å². The Kier molecular flexibility index (Phi) is 5.76. The standard InChI is InChI=1S/C14H19NO3S/c1-3-11-19(17,18)12(2)14(16)15-10-9-13-7-5-4-6-8-13/h3-8,12H,1,9-11H2,2H3,(H,15,16). The molecule has 0 saturated heterocycles. The maximum atomic E-state index is 11.7. The highest BCUT2D eigenvalue weighted by molar-refractivity contribution is 7.92. The Morgan fingerprint density at radius 3 is 2.58 bits per heavy atom. The third-order valence-electron chi connectivity index (χ3n) is 2.81. The molecule has 0 aliphatic rings. The predicted molar refractivity (Wildman–Crippen MR) is 76.6 cm³/mol. The van der Waals surface area contributed by atoms with Gasteiger partial charge in [-0.2, -0.15) is 0 Å². The lowest BCUT2D eigenvalue weighted by molar-refractivity contribution is -0.120. The summed E-state index contributed by atoms with van der Waals surface area (Å²) in [5.41, 5.74) is 1.10. The van der Waals surface area contributed by atoms with Crippen molar-refractivity contribution >= 4 is 15.7 Å². The topological polar surface area (TPSA) is 63.2 Å². The first-order chi connectivity index (χ1) is 8.97. The number of hydrogen-bond donors (Lipinski definition) is 1. The van der Waals surface area contributed by atoms with Crippen LogP contribution in [0.5, 0.6) is 0 Å². The van der Waals surface area contributed by atoms with E-state index in [1.54, 1.807) is 0 Å². The molecule has 1 N–H and O–H groups in total. The minimum Gasteiger partial charge on any atom is -0.355 e. The summed E-state index contributed by atoms with van der Waals surface area (Å²) in [4.78, 5) is 11.7. The summed E-state index contributed by atoms with van der Waals surface area (Å²) in [6.07, 6.45) is 1.98. The van der Waals surface area contributed by atoms with Gasteiger partial charge in [-0.25, -0.2) is 8.42 Å². The van der Waals surface area contributed by atoms with Gasteiger partial charge in [0, 0.05) is 6.54 Å². The minimum atomic E-state index is -3.43. The van der Waals surface area contributed by atoms with Gasteiger partial charge in [0.05, 0.1) is 5.75 Å². The zero-order chi connectivity index (χ0) is 14.3. The molecule has 1 rings (SSSR count). The average molecular weight is 281 g/mol. The van der Waals surface area contributed by atoms with Crippen LogP contribution in [0.15, 0.2) is 43.0 Å². The molecule has 0 heterocycles. The number of sulfone groups is 1. The number of nitrogens with one attached hydrogen (secondary N) is 1. The molecule has 1 aromatic carbocycles. The molecular weight excluding hydrogens is 262 g/mol. The Labute approximate surface area is 114 Å². The molecule has 0 radical (unpaired) electrons. The molecule has 1 amide bonds. The molecule has 4 nitrogen and oxygen atoms in total. The van der Waals surface area contributed by atoms with Gasteiger partial charge >= 0.3 is 0 Å². The Hall–Kier alpha value is -1.62. The van der Waals surface area contributed by atoms with Gasteiger partial charge in [-0.3, -0.25) is 4.79 Å². The second-order valence-corrected chi connectivity index (χ2v) is 6.65. The third kappa shape index (κ3) is 4.87. The van der Waals surface area contributed by atoms with E-state index in [4.69, 9.17) is 0 Å². The Bertz CT molecular complexity index is 523. The average Bonchev–Trinajstić information content (AvgIpc) is 2.39. The number of benzene rings is 1. The number of amides is 1. The van der Waals surface area contributed by atoms with E-state index in [1.807, 2.05) is 30.3 Å². The Morgan fingerprint density at radius 2 is 2.00 bits per heavy atom. The lowest BCUT2D eigenvalue weighted by Crippen LogP contribution is -2.39. The van der Waals surface area contributed by atoms with E-state index in [-0.39, 0.29) is 5.75 Å². The van der Waals surface area contributed by atoms with Crippen molar-refractivity contribution in [1.29, 1.82) is 0 Å². The molecule has 19 heavy (non-hydrogen) atoms. The molecule has 0 aliphatic carbocycles. The highest BCUT2D eigenvalue weighted by Crippen LogP contribution is 2.03. The fourth-order valence-corrected chi connectivity index (χ4v) is 2.62. The molecule has 104 valence electrons. The zero-order valence-electron chi connectivity index (χ0n) is 11.0. The monoisotopic (exact) mass is 281 g/mol. The quantitative estimate of drug-likeness (QED) is 0.767. The normalized spacial score (nSPS) is 12.7. The van der Waals surface area contributed by atoms with E-state index < -0.39 is 21.0 Å². The molecule has 0 spiro atoms. The minimum absolute atomic E-state index is 0.180. The smallest absolute Gasteiger partial charge is 0.238 e. The van der Waals surface area contributed by atoms with Crippen molar-refractivity contribution in [2.45, 2.75) is 18.6 Å². The lowest BCUT2D eigenvalue weighted by Gasteiger charge is -2.12. The SMILES string of the molecule is C=CCS(=O)(=O)C(C)C(=O)NCCc1ccccc1. The van der Waals surface area contributed by atoms with E-state index in [1.165, 1.54) is 13.0 Å². The van der Waals surface area contributed by atoms with Crippen LogP contribution in [0.25, 0.3) is 0 Å². The number of hydrogen-bond acceptors (Lipinski definition) is 3. The lowest BCUT2D eigenvalue weighted by atomic mass is 10.1. The van der Waals surface area contributed by atoms with Gasteiger partial charge in [0.15, 0.2) is 9.84 Å². The molecule has 5 heteroatoms. The molecule has 1 atom stereocenters. The summed E-state index contributed by atoms with van der Waals surface area (Å²) in [6, 6.07) is 9.70. The summed E-state index contributed by atoms with van der Waals surface area (Å²) in [6.45, 7) is 5.21. The van der Waals surface area contributed by atoms with Gasteiger partial charge < -0.3 is 5.32 Å². The van der Waals surface area contributed by atoms with Crippen molar-refractivity contribution in [3.05, 3.63) is 48.6 Å². The molecule has 1 aromatic rings. The van der Waals surface area contributed by atoms with Gasteiger partial charge in [0.2, 0.25) is 5.91 Å². The Morgan fingerprint density at radius 1 is 1.37 bits per heavy atom. The Balaban J connectivity index is 2.45. The van der Waals surface area contributed by atoms with Crippen LogP contribution in [0, 0.1) is 0 Å². The van der Waals surface area contributed by atoms with Gasteiger partial charge in [-0.05, 0) is 18.9 Å².